The summed E-state index contributed by atoms with van der Waals surface area (Å²) in [5.74, 6) is 0.230. The molecule has 3 nitrogen and oxygen atoms in total. The van der Waals surface area contributed by atoms with Gasteiger partial charge in [-0.1, -0.05) is 48.9 Å². The third-order valence-corrected chi connectivity index (χ3v) is 3.95. The minimum atomic E-state index is 0.230. The largest absolute Gasteiger partial charge is 0.493 e. The molecule has 3 rings (SSSR count). The number of aromatic nitrogens is 2. The van der Waals surface area contributed by atoms with Crippen LogP contribution >= 0.6 is 0 Å². The minimum Gasteiger partial charge on any atom is -0.493 e. The predicted molar refractivity (Wildman–Crippen MR) is 89.5 cm³/mol. The second-order valence-electron chi connectivity index (χ2n) is 5.57. The highest BCUT2D eigenvalue weighted by Crippen LogP contribution is 2.33. The molecular weight excluding hydrogens is 272 g/mol. The summed E-state index contributed by atoms with van der Waals surface area (Å²) in [6.07, 6.45) is 0.737. The highest BCUT2D eigenvalue weighted by atomic mass is 16.3. The van der Waals surface area contributed by atoms with E-state index < -0.39 is 0 Å². The molecule has 2 aromatic carbocycles. The topological polar surface area (TPSA) is 38.0 Å². The molecule has 0 radical (unpaired) electrons. The van der Waals surface area contributed by atoms with Gasteiger partial charge in [0, 0.05) is 11.1 Å². The van der Waals surface area contributed by atoms with Crippen LogP contribution in [0.2, 0.25) is 0 Å². The lowest BCUT2D eigenvalue weighted by atomic mass is 10.0. The van der Waals surface area contributed by atoms with E-state index in [0.717, 1.165) is 34.5 Å². The zero-order chi connectivity index (χ0) is 15.7. The normalized spacial score (nSPS) is 10.9. The molecule has 0 bridgehead atoms. The summed E-state index contributed by atoms with van der Waals surface area (Å²) in [7, 11) is 0. The lowest BCUT2D eigenvalue weighted by molar-refractivity contribution is 0.428. The Hall–Kier alpha value is -2.55. The van der Waals surface area contributed by atoms with E-state index in [4.69, 9.17) is 0 Å². The summed E-state index contributed by atoms with van der Waals surface area (Å²) in [4.78, 5) is 0. The molecule has 0 aliphatic heterocycles. The van der Waals surface area contributed by atoms with Crippen molar-refractivity contribution in [2.45, 2.75) is 27.2 Å². The Labute approximate surface area is 130 Å². The van der Waals surface area contributed by atoms with E-state index in [0.29, 0.717) is 0 Å². The maximum absolute atomic E-state index is 10.6. The Balaban J connectivity index is 2.22. The first-order valence-electron chi connectivity index (χ1n) is 7.55. The molecule has 3 aromatic rings. The Kier molecular flexibility index (Phi) is 3.72. The standard InChI is InChI=1S/C19H20N2O/c1-4-16-18(15-10-7-8-13(2)12-15)20-21(19(16)22)17-11-6-5-9-14(17)3/h5-12,22H,4H2,1-3H3. The number of aromatic hydroxyl groups is 1. The van der Waals surface area contributed by atoms with Gasteiger partial charge in [-0.05, 0) is 38.0 Å². The van der Waals surface area contributed by atoms with Crippen LogP contribution in [-0.4, -0.2) is 14.9 Å². The van der Waals surface area contributed by atoms with Crippen molar-refractivity contribution >= 4 is 0 Å². The molecule has 0 atom stereocenters. The Morgan fingerprint density at radius 3 is 2.50 bits per heavy atom. The fourth-order valence-corrected chi connectivity index (χ4v) is 2.76. The number of para-hydroxylation sites is 1. The summed E-state index contributed by atoms with van der Waals surface area (Å²) < 4.78 is 1.64. The smallest absolute Gasteiger partial charge is 0.218 e. The molecule has 0 amide bonds. The Bertz CT molecular complexity index is 818. The first-order chi connectivity index (χ1) is 10.6. The lowest BCUT2D eigenvalue weighted by Gasteiger charge is -2.06. The van der Waals surface area contributed by atoms with Crippen LogP contribution in [0.3, 0.4) is 0 Å². The van der Waals surface area contributed by atoms with E-state index >= 15 is 0 Å². The number of hydrogen-bond donors (Lipinski definition) is 1. The summed E-state index contributed by atoms with van der Waals surface area (Å²) in [6.45, 7) is 6.12. The summed E-state index contributed by atoms with van der Waals surface area (Å²) in [5, 5.41) is 15.3. The van der Waals surface area contributed by atoms with Crippen LogP contribution in [0.4, 0.5) is 0 Å². The quantitative estimate of drug-likeness (QED) is 0.775. The average molecular weight is 292 g/mol. The highest BCUT2D eigenvalue weighted by molar-refractivity contribution is 5.67. The van der Waals surface area contributed by atoms with Crippen molar-refractivity contribution in [1.82, 2.24) is 9.78 Å². The van der Waals surface area contributed by atoms with Crippen molar-refractivity contribution in [3.05, 3.63) is 65.2 Å². The highest BCUT2D eigenvalue weighted by Gasteiger charge is 2.19. The van der Waals surface area contributed by atoms with Crippen LogP contribution in [-0.2, 0) is 6.42 Å². The summed E-state index contributed by atoms with van der Waals surface area (Å²) >= 11 is 0. The van der Waals surface area contributed by atoms with Gasteiger partial charge >= 0.3 is 0 Å². The third kappa shape index (κ3) is 2.39. The van der Waals surface area contributed by atoms with E-state index in [-0.39, 0.29) is 5.88 Å². The average Bonchev–Trinajstić information content (AvgIpc) is 2.84. The van der Waals surface area contributed by atoms with Crippen LogP contribution in [0.15, 0.2) is 48.5 Å². The van der Waals surface area contributed by atoms with Gasteiger partial charge in [-0.15, -0.1) is 0 Å². The van der Waals surface area contributed by atoms with Crippen molar-refractivity contribution in [1.29, 1.82) is 0 Å². The van der Waals surface area contributed by atoms with Gasteiger partial charge in [-0.25, -0.2) is 4.68 Å². The fourth-order valence-electron chi connectivity index (χ4n) is 2.76. The van der Waals surface area contributed by atoms with Crippen LogP contribution in [0.5, 0.6) is 5.88 Å². The molecule has 22 heavy (non-hydrogen) atoms. The van der Waals surface area contributed by atoms with Crippen molar-refractivity contribution < 1.29 is 5.11 Å². The lowest BCUT2D eigenvalue weighted by Crippen LogP contribution is -1.98. The molecule has 1 N–H and O–H groups in total. The van der Waals surface area contributed by atoms with Gasteiger partial charge < -0.3 is 5.11 Å². The number of aryl methyl sites for hydroxylation is 2. The molecule has 112 valence electrons. The zero-order valence-corrected chi connectivity index (χ0v) is 13.2. The summed E-state index contributed by atoms with van der Waals surface area (Å²) in [6, 6.07) is 16.2. The predicted octanol–water partition coefficient (Wildman–Crippen LogP) is 4.42. The number of rotatable bonds is 3. The Morgan fingerprint density at radius 1 is 1.05 bits per heavy atom. The van der Waals surface area contributed by atoms with E-state index in [9.17, 15) is 5.11 Å². The van der Waals surface area contributed by atoms with Gasteiger partial charge in [0.1, 0.15) is 0 Å². The van der Waals surface area contributed by atoms with Gasteiger partial charge in [0.2, 0.25) is 5.88 Å². The van der Waals surface area contributed by atoms with Crippen LogP contribution < -0.4 is 0 Å². The third-order valence-electron chi connectivity index (χ3n) is 3.95. The molecule has 3 heteroatoms. The van der Waals surface area contributed by atoms with Crippen LogP contribution in [0.25, 0.3) is 16.9 Å². The van der Waals surface area contributed by atoms with Crippen molar-refractivity contribution in [3.8, 4) is 22.8 Å². The second kappa shape index (κ2) is 5.68. The second-order valence-corrected chi connectivity index (χ2v) is 5.57. The van der Waals surface area contributed by atoms with Crippen molar-refractivity contribution in [2.24, 2.45) is 0 Å². The molecule has 0 aliphatic rings. The maximum Gasteiger partial charge on any atom is 0.218 e. The molecular formula is C19H20N2O. The maximum atomic E-state index is 10.6. The number of benzene rings is 2. The molecule has 1 aromatic heterocycles. The van der Waals surface area contributed by atoms with Gasteiger partial charge in [-0.2, -0.15) is 5.10 Å². The SMILES string of the molecule is CCc1c(-c2cccc(C)c2)nn(-c2ccccc2C)c1O. The molecule has 0 saturated carbocycles. The molecule has 0 fully saturated rings. The molecule has 0 saturated heterocycles. The minimum absolute atomic E-state index is 0.230. The van der Waals surface area contributed by atoms with Crippen LogP contribution in [0, 0.1) is 13.8 Å². The molecule has 1 heterocycles. The first-order valence-corrected chi connectivity index (χ1v) is 7.55. The Morgan fingerprint density at radius 2 is 1.82 bits per heavy atom. The van der Waals surface area contributed by atoms with E-state index in [1.165, 1.54) is 5.56 Å². The fraction of sp³-hybridized carbons (Fsp3) is 0.211. The number of nitrogens with zero attached hydrogens (tertiary/aromatic N) is 2. The summed E-state index contributed by atoms with van der Waals surface area (Å²) in [5.41, 5.74) is 5.96. The zero-order valence-electron chi connectivity index (χ0n) is 13.2. The van der Waals surface area contributed by atoms with Crippen LogP contribution in [0.1, 0.15) is 23.6 Å². The van der Waals surface area contributed by atoms with E-state index in [1.54, 1.807) is 4.68 Å². The van der Waals surface area contributed by atoms with Crippen molar-refractivity contribution in [2.75, 3.05) is 0 Å². The van der Waals surface area contributed by atoms with Gasteiger partial charge in [0.05, 0.1) is 11.4 Å². The molecule has 0 aliphatic carbocycles. The number of hydrogen-bond acceptors (Lipinski definition) is 2. The van der Waals surface area contributed by atoms with Gasteiger partial charge in [0.15, 0.2) is 0 Å². The van der Waals surface area contributed by atoms with Gasteiger partial charge in [0.25, 0.3) is 0 Å². The molecule has 0 spiro atoms. The molecule has 0 unspecified atom stereocenters. The van der Waals surface area contributed by atoms with Gasteiger partial charge in [-0.3, -0.25) is 0 Å². The monoisotopic (exact) mass is 292 g/mol. The van der Waals surface area contributed by atoms with E-state index in [1.807, 2.05) is 50.2 Å². The van der Waals surface area contributed by atoms with Crippen molar-refractivity contribution in [3.63, 3.8) is 0 Å². The first kappa shape index (κ1) is 14.4. The van der Waals surface area contributed by atoms with E-state index in [2.05, 4.69) is 24.2 Å².